The predicted molar refractivity (Wildman–Crippen MR) is 101 cm³/mol. The summed E-state index contributed by atoms with van der Waals surface area (Å²) >= 11 is 0. The molecule has 1 aromatic carbocycles. The van der Waals surface area contributed by atoms with Crippen LogP contribution in [0, 0.1) is 0 Å². The highest BCUT2D eigenvalue weighted by Crippen LogP contribution is 2.04. The first-order valence-electron chi connectivity index (χ1n) is 8.99. The minimum atomic E-state index is -1.26. The molecule has 0 heterocycles. The maximum atomic E-state index is 12.2. The molecular formula is C18H26N4O7. The Labute approximate surface area is 167 Å². The summed E-state index contributed by atoms with van der Waals surface area (Å²) in [7, 11) is 0. The molecule has 0 saturated heterocycles. The van der Waals surface area contributed by atoms with Gasteiger partial charge in [-0.1, -0.05) is 30.3 Å². The third-order valence-corrected chi connectivity index (χ3v) is 3.74. The van der Waals surface area contributed by atoms with E-state index in [2.05, 4.69) is 10.6 Å². The van der Waals surface area contributed by atoms with Crippen molar-refractivity contribution >= 4 is 23.9 Å². The molecule has 0 aliphatic heterocycles. The molecule has 3 amide bonds. The van der Waals surface area contributed by atoms with Crippen LogP contribution in [0.2, 0.25) is 0 Å². The van der Waals surface area contributed by atoms with E-state index in [1.807, 2.05) is 0 Å². The van der Waals surface area contributed by atoms with E-state index >= 15 is 0 Å². The van der Waals surface area contributed by atoms with Crippen molar-refractivity contribution in [2.45, 2.75) is 31.9 Å². The number of hydrogen-bond acceptors (Lipinski definition) is 7. The molecule has 0 saturated carbocycles. The fourth-order valence-electron chi connectivity index (χ4n) is 2.22. The Balaban J connectivity index is 2.61. The van der Waals surface area contributed by atoms with E-state index in [1.54, 1.807) is 30.3 Å². The largest absolute Gasteiger partial charge is 0.480 e. The molecule has 1 atom stereocenters. The fraction of sp³-hybridized carbons (Fsp3) is 0.444. The predicted octanol–water partition coefficient (Wildman–Crippen LogP) is -0.171. The molecule has 0 aromatic heterocycles. The summed E-state index contributed by atoms with van der Waals surface area (Å²) in [6.45, 7) is -0.345. The molecule has 0 aliphatic rings. The number of alkyl carbamates (subject to hydrolysis) is 1. The molecule has 0 bridgehead atoms. The highest BCUT2D eigenvalue weighted by atomic mass is 16.5. The van der Waals surface area contributed by atoms with Crippen LogP contribution in [-0.4, -0.2) is 64.9 Å². The average Bonchev–Trinajstić information content (AvgIpc) is 2.72. The first-order chi connectivity index (χ1) is 13.8. The van der Waals surface area contributed by atoms with Crippen molar-refractivity contribution in [3.8, 4) is 0 Å². The lowest BCUT2D eigenvalue weighted by molar-refractivity contribution is -0.165. The van der Waals surface area contributed by atoms with Crippen molar-refractivity contribution in [1.82, 2.24) is 15.7 Å². The molecule has 6 N–H and O–H groups in total. The Bertz CT molecular complexity index is 684. The number of nitrogens with one attached hydrogen (secondary N) is 2. The van der Waals surface area contributed by atoms with Gasteiger partial charge < -0.3 is 26.2 Å². The van der Waals surface area contributed by atoms with Gasteiger partial charge in [0.25, 0.3) is 0 Å². The minimum absolute atomic E-state index is 0.0292. The molecule has 11 nitrogen and oxygen atoms in total. The lowest BCUT2D eigenvalue weighted by Gasteiger charge is -2.19. The van der Waals surface area contributed by atoms with Crippen molar-refractivity contribution in [3.63, 3.8) is 0 Å². The highest BCUT2D eigenvalue weighted by Gasteiger charge is 2.24. The average molecular weight is 410 g/mol. The Kier molecular flexibility index (Phi) is 10.8. The first kappa shape index (κ1) is 23.9. The van der Waals surface area contributed by atoms with E-state index < -0.39 is 36.5 Å². The van der Waals surface area contributed by atoms with Crippen molar-refractivity contribution < 1.29 is 34.2 Å². The lowest BCUT2D eigenvalue weighted by atomic mass is 10.1. The van der Waals surface area contributed by atoms with E-state index in [-0.39, 0.29) is 26.0 Å². The maximum Gasteiger partial charge on any atom is 0.408 e. The number of carbonyl (C=O) groups excluding carboxylic acids is 3. The van der Waals surface area contributed by atoms with Gasteiger partial charge in [-0.2, -0.15) is 0 Å². The number of nitrogens with zero attached hydrogens (tertiary/aromatic N) is 1. The van der Waals surface area contributed by atoms with E-state index in [9.17, 15) is 24.4 Å². The first-order valence-corrected chi connectivity index (χ1v) is 8.99. The van der Waals surface area contributed by atoms with E-state index in [1.165, 1.54) is 0 Å². The molecule has 160 valence electrons. The summed E-state index contributed by atoms with van der Waals surface area (Å²) in [4.78, 5) is 46.7. The summed E-state index contributed by atoms with van der Waals surface area (Å²) in [5, 5.41) is 23.2. The van der Waals surface area contributed by atoms with Crippen LogP contribution in [0.5, 0.6) is 0 Å². The number of hydroxylamine groups is 2. The van der Waals surface area contributed by atoms with Gasteiger partial charge in [-0.05, 0) is 24.9 Å². The molecule has 11 heteroatoms. The van der Waals surface area contributed by atoms with Gasteiger partial charge in [-0.25, -0.2) is 9.86 Å². The quantitative estimate of drug-likeness (QED) is 0.233. The maximum absolute atomic E-state index is 12.2. The number of benzene rings is 1. The van der Waals surface area contributed by atoms with Crippen molar-refractivity contribution in [3.05, 3.63) is 35.9 Å². The van der Waals surface area contributed by atoms with Gasteiger partial charge in [-0.3, -0.25) is 19.6 Å². The second-order valence-electron chi connectivity index (χ2n) is 6.07. The Morgan fingerprint density at radius 2 is 1.86 bits per heavy atom. The normalized spacial score (nSPS) is 11.2. The molecule has 0 radical (unpaired) electrons. The Morgan fingerprint density at radius 3 is 2.48 bits per heavy atom. The van der Waals surface area contributed by atoms with Crippen LogP contribution in [0.4, 0.5) is 4.79 Å². The minimum Gasteiger partial charge on any atom is -0.480 e. The summed E-state index contributed by atoms with van der Waals surface area (Å²) in [5.74, 6) is -2.71. The van der Waals surface area contributed by atoms with E-state index in [0.717, 1.165) is 5.56 Å². The van der Waals surface area contributed by atoms with Gasteiger partial charge in [0, 0.05) is 13.0 Å². The van der Waals surface area contributed by atoms with Crippen LogP contribution in [0.25, 0.3) is 0 Å². The molecule has 0 fully saturated rings. The molecule has 1 rings (SSSR count). The van der Waals surface area contributed by atoms with Crippen LogP contribution in [0.1, 0.15) is 24.8 Å². The molecular weight excluding hydrogens is 384 g/mol. The number of ether oxygens (including phenoxy) is 1. The summed E-state index contributed by atoms with van der Waals surface area (Å²) in [6.07, 6.45) is -0.925. The summed E-state index contributed by atoms with van der Waals surface area (Å²) < 4.78 is 5.04. The topological polar surface area (TPSA) is 171 Å². The number of rotatable bonds is 12. The number of aliphatic carboxylic acids is 1. The van der Waals surface area contributed by atoms with Gasteiger partial charge in [0.2, 0.25) is 11.8 Å². The molecule has 1 aromatic rings. The zero-order chi connectivity index (χ0) is 21.6. The number of carboxylic acids is 1. The smallest absolute Gasteiger partial charge is 0.408 e. The summed E-state index contributed by atoms with van der Waals surface area (Å²) in [5.41, 5.74) is 6.05. The SMILES string of the molecule is NCCCN(O)C(=O)CCC(NC(=O)OCc1ccccc1)C(=O)NCC(=O)O. The van der Waals surface area contributed by atoms with Gasteiger partial charge in [0.05, 0.1) is 0 Å². The number of amides is 3. The monoisotopic (exact) mass is 410 g/mol. The van der Waals surface area contributed by atoms with Crippen molar-refractivity contribution in [1.29, 1.82) is 0 Å². The second-order valence-corrected chi connectivity index (χ2v) is 6.07. The number of hydrogen-bond donors (Lipinski definition) is 5. The standard InChI is InChI=1S/C18H26N4O7/c19-9-4-10-22(28)15(23)8-7-14(17(26)20-11-16(24)25)21-18(27)29-12-13-5-2-1-3-6-13/h1-3,5-6,14,28H,4,7-12,19H2,(H,20,26)(H,21,27)(H,24,25). The van der Waals surface area contributed by atoms with Crippen LogP contribution in [0.3, 0.4) is 0 Å². The van der Waals surface area contributed by atoms with Crippen LogP contribution >= 0.6 is 0 Å². The van der Waals surface area contributed by atoms with Gasteiger partial charge in [-0.15, -0.1) is 0 Å². The van der Waals surface area contributed by atoms with Gasteiger partial charge >= 0.3 is 12.1 Å². The third-order valence-electron chi connectivity index (χ3n) is 3.74. The molecule has 29 heavy (non-hydrogen) atoms. The zero-order valence-corrected chi connectivity index (χ0v) is 15.9. The molecule has 1 unspecified atom stereocenters. The molecule has 0 spiro atoms. The van der Waals surface area contributed by atoms with Crippen LogP contribution in [-0.2, 0) is 25.7 Å². The summed E-state index contributed by atoms with van der Waals surface area (Å²) in [6, 6.07) is 7.64. The Hall–Kier alpha value is -3.18. The van der Waals surface area contributed by atoms with Crippen molar-refractivity contribution in [2.24, 2.45) is 5.73 Å². The van der Waals surface area contributed by atoms with E-state index in [0.29, 0.717) is 18.0 Å². The fourth-order valence-corrected chi connectivity index (χ4v) is 2.22. The van der Waals surface area contributed by atoms with Gasteiger partial charge in [0.1, 0.15) is 19.2 Å². The Morgan fingerprint density at radius 1 is 1.17 bits per heavy atom. The number of nitrogens with two attached hydrogens (primary N) is 1. The highest BCUT2D eigenvalue weighted by molar-refractivity contribution is 5.88. The number of carboxylic acid groups (broad SMARTS) is 1. The lowest BCUT2D eigenvalue weighted by Crippen LogP contribution is -2.48. The third kappa shape index (κ3) is 10.1. The second kappa shape index (κ2) is 13.1. The zero-order valence-electron chi connectivity index (χ0n) is 15.9. The van der Waals surface area contributed by atoms with Crippen LogP contribution in [0.15, 0.2) is 30.3 Å². The van der Waals surface area contributed by atoms with E-state index in [4.69, 9.17) is 15.6 Å². The van der Waals surface area contributed by atoms with Gasteiger partial charge in [0.15, 0.2) is 0 Å². The van der Waals surface area contributed by atoms with Crippen LogP contribution < -0.4 is 16.4 Å². The van der Waals surface area contributed by atoms with Crippen molar-refractivity contribution in [2.75, 3.05) is 19.6 Å². The molecule has 0 aliphatic carbocycles. The number of carbonyl (C=O) groups is 4.